The predicted octanol–water partition coefficient (Wildman–Crippen LogP) is -0.206. The van der Waals surface area contributed by atoms with E-state index in [1.165, 1.54) is 13.8 Å². The van der Waals surface area contributed by atoms with E-state index in [9.17, 15) is 4.79 Å². The lowest BCUT2D eigenvalue weighted by atomic mass is 10.8. The second kappa shape index (κ2) is 30.9. The van der Waals surface area contributed by atoms with Crippen LogP contribution in [-0.2, 0) is 9.68 Å². The van der Waals surface area contributed by atoms with Gasteiger partial charge in [-0.1, -0.05) is 7.43 Å². The SMILES string of the molecule is C.CC(=N)OO.CC(N)=O.O.OO. The lowest BCUT2D eigenvalue weighted by Gasteiger charge is -1.81. The summed E-state index contributed by atoms with van der Waals surface area (Å²) in [5.41, 5.74) is 4.47. The molecule has 0 saturated heterocycles. The maximum Gasteiger partial charge on any atom is 0.221 e. The molecule has 0 atom stereocenters. The van der Waals surface area contributed by atoms with Crippen molar-refractivity contribution in [3.63, 3.8) is 0 Å². The molecule has 84 valence electrons. The molecule has 0 spiro atoms. The Morgan fingerprint density at radius 2 is 1.46 bits per heavy atom. The van der Waals surface area contributed by atoms with Gasteiger partial charge >= 0.3 is 0 Å². The Kier molecular flexibility index (Phi) is 70.7. The summed E-state index contributed by atoms with van der Waals surface area (Å²) in [6, 6.07) is 0. The molecule has 0 rings (SSSR count). The number of carbonyl (C=O) groups is 1. The second-order valence-corrected chi connectivity index (χ2v) is 1.26. The van der Waals surface area contributed by atoms with Gasteiger partial charge in [0.2, 0.25) is 11.8 Å². The highest BCUT2D eigenvalue weighted by Crippen LogP contribution is 1.61. The number of carbonyl (C=O) groups excluding carboxylic acids is 1. The molecule has 0 aliphatic carbocycles. The molecule has 0 aromatic carbocycles. The quantitative estimate of drug-likeness (QED) is 0.158. The fourth-order valence-corrected chi connectivity index (χ4v) is 0. The summed E-state index contributed by atoms with van der Waals surface area (Å²) in [6.45, 7) is 2.64. The van der Waals surface area contributed by atoms with Crippen LogP contribution in [0.15, 0.2) is 0 Å². The van der Waals surface area contributed by atoms with E-state index in [1.807, 2.05) is 0 Å². The molecule has 0 aromatic rings. The van der Waals surface area contributed by atoms with Crippen molar-refractivity contribution in [3.05, 3.63) is 0 Å². The zero-order valence-corrected chi connectivity index (χ0v) is 6.74. The first-order valence-corrected chi connectivity index (χ1v) is 2.33. The van der Waals surface area contributed by atoms with Crippen LogP contribution in [0.3, 0.4) is 0 Å². The highest BCUT2D eigenvalue weighted by molar-refractivity contribution is 5.70. The van der Waals surface area contributed by atoms with Crippen molar-refractivity contribution in [3.8, 4) is 0 Å². The maximum absolute atomic E-state index is 9.22. The van der Waals surface area contributed by atoms with Gasteiger partial charge in [-0.15, -0.1) is 0 Å². The number of primary amides is 1. The summed E-state index contributed by atoms with van der Waals surface area (Å²) < 4.78 is 0. The summed E-state index contributed by atoms with van der Waals surface area (Å²) >= 11 is 0. The van der Waals surface area contributed by atoms with Crippen LogP contribution >= 0.6 is 0 Å². The largest absolute Gasteiger partial charge is 0.412 e. The molecule has 0 aromatic heterocycles. The smallest absolute Gasteiger partial charge is 0.221 e. The molecule has 8 N–H and O–H groups in total. The van der Waals surface area contributed by atoms with Gasteiger partial charge in [-0.2, -0.15) is 0 Å². The Labute approximate surface area is 76.2 Å². The standard InChI is InChI=1S/C2H5NO2.C2H5NO.CH4.H2O2.H2O/c1-2(3)5-4;1-2(3)4;;1-2;/h3-4H,1H3;1H3,(H2,3,4);1H4;1-2H;1H2. The minimum absolute atomic E-state index is 0. The number of rotatable bonds is 0. The Hall–Kier alpha value is -1.22. The van der Waals surface area contributed by atoms with Crippen LogP contribution < -0.4 is 5.73 Å². The van der Waals surface area contributed by atoms with Crippen LogP contribution in [-0.4, -0.2) is 33.1 Å². The van der Waals surface area contributed by atoms with Crippen LogP contribution in [0.5, 0.6) is 0 Å². The highest BCUT2D eigenvalue weighted by Gasteiger charge is 1.72. The van der Waals surface area contributed by atoms with Gasteiger partial charge in [0, 0.05) is 13.8 Å². The number of nitrogens with two attached hydrogens (primary N) is 1. The molecule has 0 fully saturated rings. The van der Waals surface area contributed by atoms with E-state index in [-0.39, 0.29) is 24.7 Å². The fourth-order valence-electron chi connectivity index (χ4n) is 0. The summed E-state index contributed by atoms with van der Waals surface area (Å²) in [5, 5.41) is 25.7. The summed E-state index contributed by atoms with van der Waals surface area (Å²) in [7, 11) is 0. The first kappa shape index (κ1) is 29.8. The molecule has 8 heteroatoms. The van der Waals surface area contributed by atoms with Gasteiger partial charge in [-0.25, -0.2) is 5.26 Å². The molecule has 0 saturated carbocycles. The topological polar surface area (TPSA) is 168 Å². The van der Waals surface area contributed by atoms with Gasteiger partial charge in [0.05, 0.1) is 0 Å². The van der Waals surface area contributed by atoms with Gasteiger partial charge in [-0.05, 0) is 0 Å². The van der Waals surface area contributed by atoms with Gasteiger partial charge in [0.15, 0.2) is 0 Å². The third-order valence-corrected chi connectivity index (χ3v) is 0.137. The molecule has 0 bridgehead atoms. The number of nitrogens with one attached hydrogen (secondary N) is 1. The molecule has 1 amide bonds. The third-order valence-electron chi connectivity index (χ3n) is 0.137. The van der Waals surface area contributed by atoms with Crippen LogP contribution in [0, 0.1) is 5.41 Å². The zero-order chi connectivity index (χ0) is 9.86. The Balaban J connectivity index is -0.0000000246. The number of hydrogen-bond donors (Lipinski definition) is 5. The second-order valence-electron chi connectivity index (χ2n) is 1.26. The van der Waals surface area contributed by atoms with Gasteiger partial charge in [0.1, 0.15) is 0 Å². The normalized spacial score (nSPS) is 5.00. The average molecular weight is 202 g/mol. The van der Waals surface area contributed by atoms with Gasteiger partial charge < -0.3 is 16.1 Å². The summed E-state index contributed by atoms with van der Waals surface area (Å²) in [6.07, 6.45) is 0. The van der Waals surface area contributed by atoms with E-state index in [0.29, 0.717) is 0 Å². The van der Waals surface area contributed by atoms with Crippen LogP contribution in [0.2, 0.25) is 0 Å². The average Bonchev–Trinajstić information content (AvgIpc) is 1.91. The molecule has 13 heavy (non-hydrogen) atoms. The van der Waals surface area contributed by atoms with Crippen molar-refractivity contribution < 1.29 is 30.9 Å². The van der Waals surface area contributed by atoms with Crippen LogP contribution in [0.4, 0.5) is 0 Å². The monoisotopic (exact) mass is 202 g/mol. The van der Waals surface area contributed by atoms with E-state index in [0.717, 1.165) is 0 Å². The van der Waals surface area contributed by atoms with Crippen molar-refractivity contribution >= 4 is 11.8 Å². The van der Waals surface area contributed by atoms with Crippen LogP contribution in [0.25, 0.3) is 0 Å². The van der Waals surface area contributed by atoms with E-state index in [4.69, 9.17) is 21.2 Å². The molecule has 0 heterocycles. The Morgan fingerprint density at radius 1 is 1.38 bits per heavy atom. The molecule has 0 aliphatic heterocycles. The fraction of sp³-hybridized carbons (Fsp3) is 0.600. The number of amides is 1. The van der Waals surface area contributed by atoms with Crippen molar-refractivity contribution in [1.29, 1.82) is 5.41 Å². The van der Waals surface area contributed by atoms with E-state index in [2.05, 4.69) is 10.6 Å². The minimum Gasteiger partial charge on any atom is -0.412 e. The lowest BCUT2D eigenvalue weighted by molar-refractivity contribution is -0.176. The van der Waals surface area contributed by atoms with E-state index in [1.54, 1.807) is 0 Å². The Bertz CT molecular complexity index is 103. The highest BCUT2D eigenvalue weighted by atomic mass is 17.1. The van der Waals surface area contributed by atoms with E-state index >= 15 is 0 Å². The van der Waals surface area contributed by atoms with Crippen molar-refractivity contribution in [2.45, 2.75) is 21.3 Å². The predicted molar refractivity (Wildman–Crippen MR) is 47.6 cm³/mol. The van der Waals surface area contributed by atoms with Crippen molar-refractivity contribution in [2.24, 2.45) is 5.73 Å². The first-order chi connectivity index (χ1) is 5.00. The zero-order valence-electron chi connectivity index (χ0n) is 6.74. The molecule has 0 radical (unpaired) electrons. The molecule has 8 nitrogen and oxygen atoms in total. The minimum atomic E-state index is -0.333. The first-order valence-electron chi connectivity index (χ1n) is 2.33. The third kappa shape index (κ3) is 1370. The lowest BCUT2D eigenvalue weighted by Crippen LogP contribution is -2.01. The molecular weight excluding hydrogens is 184 g/mol. The van der Waals surface area contributed by atoms with E-state index < -0.39 is 0 Å². The molecule has 0 unspecified atom stereocenters. The summed E-state index contributed by atoms with van der Waals surface area (Å²) in [4.78, 5) is 12.6. The molecular formula is C5H18N2O6. The Morgan fingerprint density at radius 3 is 1.46 bits per heavy atom. The van der Waals surface area contributed by atoms with Gasteiger partial charge in [-0.3, -0.25) is 20.7 Å². The van der Waals surface area contributed by atoms with Crippen LogP contribution in [0.1, 0.15) is 21.3 Å². The maximum atomic E-state index is 9.22. The van der Waals surface area contributed by atoms with Gasteiger partial charge in [0.25, 0.3) is 0 Å². The number of hydrogen-bond acceptors (Lipinski definition) is 6. The molecule has 0 aliphatic rings. The van der Waals surface area contributed by atoms with Crippen molar-refractivity contribution in [1.82, 2.24) is 0 Å². The summed E-state index contributed by atoms with van der Waals surface area (Å²) in [5.74, 6) is -0.523. The van der Waals surface area contributed by atoms with Crippen molar-refractivity contribution in [2.75, 3.05) is 0 Å².